The number of para-hydroxylation sites is 1. The van der Waals surface area contributed by atoms with Crippen LogP contribution < -0.4 is 10.6 Å². The third kappa shape index (κ3) is 6.74. The van der Waals surface area contributed by atoms with Gasteiger partial charge in [0.2, 0.25) is 5.91 Å². The maximum atomic E-state index is 12.9. The second-order valence-electron chi connectivity index (χ2n) is 8.33. The first-order valence-electron chi connectivity index (χ1n) is 10.8. The Kier molecular flexibility index (Phi) is 8.99. The van der Waals surface area contributed by atoms with Crippen molar-refractivity contribution in [3.05, 3.63) is 69.5 Å². The van der Waals surface area contributed by atoms with Crippen molar-refractivity contribution in [2.45, 2.75) is 38.4 Å². The fourth-order valence-electron chi connectivity index (χ4n) is 3.39. The van der Waals surface area contributed by atoms with Gasteiger partial charge in [-0.2, -0.15) is 0 Å². The van der Waals surface area contributed by atoms with E-state index in [0.29, 0.717) is 33.9 Å². The molecule has 3 rings (SSSR count). The number of aromatic nitrogens is 3. The van der Waals surface area contributed by atoms with Gasteiger partial charge in [0.05, 0.1) is 22.4 Å². The van der Waals surface area contributed by atoms with Crippen molar-refractivity contribution in [3.8, 4) is 0 Å². The van der Waals surface area contributed by atoms with Gasteiger partial charge in [-0.15, -0.1) is 10.2 Å². The average Bonchev–Trinajstić information content (AvgIpc) is 3.13. The van der Waals surface area contributed by atoms with Crippen molar-refractivity contribution < 1.29 is 9.59 Å². The molecular weight excluding hydrogens is 493 g/mol. The number of carbonyl (C=O) groups is 2. The number of hydrogen-bond acceptors (Lipinski definition) is 5. The molecule has 2 amide bonds. The summed E-state index contributed by atoms with van der Waals surface area (Å²) < 4.78 is 1.81. The zero-order valence-corrected chi connectivity index (χ0v) is 21.8. The molecule has 180 valence electrons. The third-order valence-electron chi connectivity index (χ3n) is 5.12. The van der Waals surface area contributed by atoms with Gasteiger partial charge in [-0.25, -0.2) is 0 Å². The lowest BCUT2D eigenvalue weighted by atomic mass is 10.0. The Bertz CT molecular complexity index is 1180. The van der Waals surface area contributed by atoms with Crippen LogP contribution in [0.4, 0.5) is 5.69 Å². The Balaban J connectivity index is 1.71. The number of halogens is 2. The van der Waals surface area contributed by atoms with E-state index in [-0.39, 0.29) is 28.6 Å². The van der Waals surface area contributed by atoms with Gasteiger partial charge in [0.1, 0.15) is 0 Å². The van der Waals surface area contributed by atoms with Crippen molar-refractivity contribution in [1.82, 2.24) is 20.1 Å². The molecule has 2 aromatic carbocycles. The van der Waals surface area contributed by atoms with Crippen LogP contribution in [0.25, 0.3) is 0 Å². The molecule has 0 bridgehead atoms. The molecule has 0 saturated carbocycles. The molecule has 1 aromatic heterocycles. The Hall–Kier alpha value is -2.55. The van der Waals surface area contributed by atoms with Crippen LogP contribution in [0.5, 0.6) is 0 Å². The zero-order valence-electron chi connectivity index (χ0n) is 19.4. The first-order chi connectivity index (χ1) is 16.2. The number of hydrogen-bond donors (Lipinski definition) is 2. The minimum atomic E-state index is -0.383. The topological polar surface area (TPSA) is 88.9 Å². The van der Waals surface area contributed by atoms with E-state index in [4.69, 9.17) is 23.2 Å². The summed E-state index contributed by atoms with van der Waals surface area (Å²) in [6.45, 7) is 6.07. The van der Waals surface area contributed by atoms with E-state index in [0.717, 1.165) is 11.3 Å². The molecule has 0 aliphatic heterocycles. The molecule has 0 radical (unpaired) electrons. The lowest BCUT2D eigenvalue weighted by molar-refractivity contribution is -0.113. The molecule has 2 N–H and O–H groups in total. The molecule has 7 nitrogen and oxygen atoms in total. The summed E-state index contributed by atoms with van der Waals surface area (Å²) in [4.78, 5) is 25.3. The van der Waals surface area contributed by atoms with E-state index in [9.17, 15) is 9.59 Å². The summed E-state index contributed by atoms with van der Waals surface area (Å²) in [5.74, 6) is 0.630. The monoisotopic (exact) mass is 519 g/mol. The van der Waals surface area contributed by atoms with Crippen LogP contribution in [0.15, 0.2) is 47.6 Å². The molecule has 0 fully saturated rings. The Morgan fingerprint density at radius 3 is 2.53 bits per heavy atom. The predicted octanol–water partition coefficient (Wildman–Crippen LogP) is 5.68. The lowest BCUT2D eigenvalue weighted by Gasteiger charge is -2.20. The normalized spacial score (nSPS) is 12.0. The van der Waals surface area contributed by atoms with Gasteiger partial charge in [-0.3, -0.25) is 9.59 Å². The average molecular weight is 520 g/mol. The highest BCUT2D eigenvalue weighted by molar-refractivity contribution is 7.99. The lowest BCUT2D eigenvalue weighted by Crippen LogP contribution is -2.31. The highest BCUT2D eigenvalue weighted by atomic mass is 35.5. The van der Waals surface area contributed by atoms with Crippen LogP contribution in [0, 0.1) is 12.8 Å². The minimum Gasteiger partial charge on any atom is -0.342 e. The number of nitrogens with zero attached hydrogens (tertiary/aromatic N) is 3. The number of anilines is 1. The van der Waals surface area contributed by atoms with Crippen LogP contribution >= 0.6 is 35.0 Å². The summed E-state index contributed by atoms with van der Waals surface area (Å²) in [6.07, 6.45) is 0.654. The predicted molar refractivity (Wildman–Crippen MR) is 138 cm³/mol. The summed E-state index contributed by atoms with van der Waals surface area (Å²) in [5.41, 5.74) is 2.12. The van der Waals surface area contributed by atoms with Crippen LogP contribution in [0.1, 0.15) is 48.1 Å². The SMILES string of the molecule is Cc1ccccc1NC(=O)CSc1nnc([C@@H](CC(C)C)NC(=O)c2ccc(Cl)cc2Cl)n1C. The second kappa shape index (κ2) is 11.7. The Morgan fingerprint density at radius 2 is 1.85 bits per heavy atom. The molecule has 0 aliphatic carbocycles. The van der Waals surface area contributed by atoms with Crippen LogP contribution in [0.2, 0.25) is 10.0 Å². The largest absolute Gasteiger partial charge is 0.342 e. The summed E-state index contributed by atoms with van der Waals surface area (Å²) in [6, 6.07) is 12.0. The van der Waals surface area contributed by atoms with E-state index in [1.165, 1.54) is 17.8 Å². The molecule has 0 aliphatic rings. The number of nitrogens with one attached hydrogen (secondary N) is 2. The number of thioether (sulfide) groups is 1. The van der Waals surface area contributed by atoms with E-state index in [1.54, 1.807) is 12.1 Å². The molecular formula is C24H27Cl2N5O2S. The summed E-state index contributed by atoms with van der Waals surface area (Å²) in [7, 11) is 1.83. The number of carbonyl (C=O) groups excluding carboxylic acids is 2. The number of amides is 2. The van der Waals surface area contributed by atoms with Crippen molar-refractivity contribution in [2.24, 2.45) is 13.0 Å². The number of rotatable bonds is 9. The van der Waals surface area contributed by atoms with E-state index in [2.05, 4.69) is 34.7 Å². The smallest absolute Gasteiger partial charge is 0.253 e. The Labute approximate surface area is 213 Å². The third-order valence-corrected chi connectivity index (χ3v) is 6.69. The van der Waals surface area contributed by atoms with Crippen molar-refractivity contribution in [3.63, 3.8) is 0 Å². The molecule has 0 spiro atoms. The first kappa shape index (κ1) is 26.1. The maximum Gasteiger partial charge on any atom is 0.253 e. The van der Waals surface area contributed by atoms with Crippen LogP contribution in [0.3, 0.4) is 0 Å². The second-order valence-corrected chi connectivity index (χ2v) is 10.1. The zero-order chi connectivity index (χ0) is 24.8. The first-order valence-corrected chi connectivity index (χ1v) is 12.5. The minimum absolute atomic E-state index is 0.131. The highest BCUT2D eigenvalue weighted by Gasteiger charge is 2.24. The van der Waals surface area contributed by atoms with Crippen molar-refractivity contribution >= 4 is 52.5 Å². The molecule has 1 atom stereocenters. The van der Waals surface area contributed by atoms with Gasteiger partial charge < -0.3 is 15.2 Å². The fraction of sp³-hybridized carbons (Fsp3) is 0.333. The Morgan fingerprint density at radius 1 is 1.12 bits per heavy atom. The van der Waals surface area contributed by atoms with Crippen molar-refractivity contribution in [2.75, 3.05) is 11.1 Å². The van der Waals surface area contributed by atoms with Gasteiger partial charge in [-0.05, 0) is 49.1 Å². The molecule has 0 unspecified atom stereocenters. The molecule has 1 heterocycles. The van der Waals surface area contributed by atoms with Gasteiger partial charge >= 0.3 is 0 Å². The van der Waals surface area contributed by atoms with Crippen molar-refractivity contribution in [1.29, 1.82) is 0 Å². The quantitative estimate of drug-likeness (QED) is 0.355. The van der Waals surface area contributed by atoms with Crippen LogP contribution in [-0.2, 0) is 11.8 Å². The van der Waals surface area contributed by atoms with E-state index < -0.39 is 0 Å². The summed E-state index contributed by atoms with van der Waals surface area (Å²) >= 11 is 13.5. The van der Waals surface area contributed by atoms with Gasteiger partial charge in [0.15, 0.2) is 11.0 Å². The van der Waals surface area contributed by atoms with E-state index >= 15 is 0 Å². The molecule has 3 aromatic rings. The molecule has 34 heavy (non-hydrogen) atoms. The fourth-order valence-corrected chi connectivity index (χ4v) is 4.61. The van der Waals surface area contributed by atoms with Gasteiger partial charge in [0.25, 0.3) is 5.91 Å². The molecule has 0 saturated heterocycles. The van der Waals surface area contributed by atoms with Gasteiger partial charge in [-0.1, -0.05) is 67.0 Å². The highest BCUT2D eigenvalue weighted by Crippen LogP contribution is 2.26. The van der Waals surface area contributed by atoms with E-state index in [1.807, 2.05) is 42.8 Å². The van der Waals surface area contributed by atoms with Gasteiger partial charge in [0, 0.05) is 17.8 Å². The van der Waals surface area contributed by atoms with Crippen LogP contribution in [-0.4, -0.2) is 32.3 Å². The number of aryl methyl sites for hydroxylation is 1. The maximum absolute atomic E-state index is 12.9. The number of benzene rings is 2. The summed E-state index contributed by atoms with van der Waals surface area (Å²) in [5, 5.41) is 15.8. The molecule has 10 heteroatoms. The standard InChI is InChI=1S/C24H27Cl2N5O2S/c1-14(2)11-20(28-23(33)17-10-9-16(25)12-18(17)26)22-29-30-24(31(22)4)34-13-21(32)27-19-8-6-5-7-15(19)3/h5-10,12,14,20H,11,13H2,1-4H3,(H,27,32)(H,28,33)/t20-/m1/s1.